The van der Waals surface area contributed by atoms with Crippen molar-refractivity contribution in [2.24, 2.45) is 0 Å². The Morgan fingerprint density at radius 1 is 1.30 bits per heavy atom. The molecule has 1 heterocycles. The predicted octanol–water partition coefficient (Wildman–Crippen LogP) is 1.87. The van der Waals surface area contributed by atoms with Gasteiger partial charge in [-0.25, -0.2) is 4.79 Å². The first-order valence-electron chi connectivity index (χ1n) is 6.46. The van der Waals surface area contributed by atoms with Gasteiger partial charge in [-0.2, -0.15) is 12.1 Å². The molecule has 0 aromatic rings. The Morgan fingerprint density at radius 3 is 1.95 bits per heavy atom. The largest absolute Gasteiger partial charge is 4.00 e. The molecular weight excluding hydrogens is 443 g/mol. The summed E-state index contributed by atoms with van der Waals surface area (Å²) < 4.78 is 4.67. The van der Waals surface area contributed by atoms with E-state index in [2.05, 4.69) is 4.74 Å². The molecule has 7 heteroatoms. The molecule has 1 aliphatic heterocycles. The van der Waals surface area contributed by atoms with Crippen LogP contribution in [0.2, 0.25) is 0 Å². The Bertz CT molecular complexity index is 388. The quantitative estimate of drug-likeness (QED) is 0.334. The first-order chi connectivity index (χ1) is 8.84. The normalized spacial score (nSPS) is 29.0. The first kappa shape index (κ1) is 19.3. The third kappa shape index (κ3) is 5.00. The minimum atomic E-state index is -0.609. The fourth-order valence-electron chi connectivity index (χ4n) is 2.07. The summed E-state index contributed by atoms with van der Waals surface area (Å²) in [5.74, 6) is -0.707. The number of ketones is 1. The van der Waals surface area contributed by atoms with Crippen molar-refractivity contribution in [3.8, 4) is 0 Å². The fourth-order valence-corrected chi connectivity index (χ4v) is 2.07. The Balaban J connectivity index is 0.000000359. The topological polar surface area (TPSA) is 118 Å². The van der Waals surface area contributed by atoms with Crippen molar-refractivity contribution in [2.75, 3.05) is 0 Å². The molecular formula is C13H22N2O4Pt+4. The smallest absolute Gasteiger partial charge is 0.676 e. The van der Waals surface area contributed by atoms with Gasteiger partial charge < -0.3 is 21.3 Å². The fraction of sp³-hybridized carbons (Fsp3) is 0.692. The summed E-state index contributed by atoms with van der Waals surface area (Å²) in [7, 11) is 0. The van der Waals surface area contributed by atoms with Crippen LogP contribution in [0.15, 0.2) is 11.3 Å². The zero-order valence-corrected chi connectivity index (χ0v) is 13.9. The van der Waals surface area contributed by atoms with E-state index in [4.69, 9.17) is 21.4 Å². The molecule has 0 spiro atoms. The summed E-state index contributed by atoms with van der Waals surface area (Å²) in [6, 6.07) is -0.160. The second kappa shape index (κ2) is 8.55. The van der Waals surface area contributed by atoms with Gasteiger partial charge in [-0.05, 0) is 6.92 Å². The van der Waals surface area contributed by atoms with E-state index in [0.29, 0.717) is 0 Å². The summed E-state index contributed by atoms with van der Waals surface area (Å²) in [4.78, 5) is 19.8. The van der Waals surface area contributed by atoms with Crippen molar-refractivity contribution < 1.29 is 40.5 Å². The molecule has 0 amide bonds. The van der Waals surface area contributed by atoms with Crippen molar-refractivity contribution in [2.45, 2.75) is 57.7 Å². The third-order valence-corrected chi connectivity index (χ3v) is 3.29. The van der Waals surface area contributed by atoms with E-state index < -0.39 is 12.1 Å². The van der Waals surface area contributed by atoms with Gasteiger partial charge in [-0.3, -0.25) is 4.79 Å². The van der Waals surface area contributed by atoms with Gasteiger partial charge >= 0.3 is 32.8 Å². The molecule has 3 unspecified atom stereocenters. The average Bonchev–Trinajstić information content (AvgIpc) is 2.58. The third-order valence-electron chi connectivity index (χ3n) is 3.29. The Kier molecular flexibility index (Phi) is 8.24. The summed E-state index contributed by atoms with van der Waals surface area (Å²) >= 11 is 0. The first-order valence-corrected chi connectivity index (χ1v) is 6.46. The van der Waals surface area contributed by atoms with Crippen LogP contribution in [0.1, 0.15) is 39.5 Å². The van der Waals surface area contributed by atoms with E-state index in [-0.39, 0.29) is 50.3 Å². The summed E-state index contributed by atoms with van der Waals surface area (Å²) in [5, 5.41) is 7.31. The van der Waals surface area contributed by atoms with Crippen molar-refractivity contribution in [3.63, 3.8) is 0 Å². The van der Waals surface area contributed by atoms with Crippen LogP contribution in [0.5, 0.6) is 0 Å². The minimum absolute atomic E-state index is 0. The Morgan fingerprint density at radius 2 is 1.75 bits per heavy atom. The van der Waals surface area contributed by atoms with Gasteiger partial charge in [0.05, 0.1) is 6.92 Å². The second-order valence-corrected chi connectivity index (χ2v) is 4.92. The van der Waals surface area contributed by atoms with Crippen molar-refractivity contribution in [3.05, 3.63) is 22.8 Å². The van der Waals surface area contributed by atoms with Gasteiger partial charge in [0, 0.05) is 0 Å². The zero-order chi connectivity index (χ0) is 14.6. The molecule has 1 fully saturated rings. The SMILES string of the molecule is CC(=[OH+])C1=C([OH2+])C(C)OC1=O.[NH-]C1CCCCC1[NH-].[Pt+4]. The van der Waals surface area contributed by atoms with Gasteiger partial charge in [0.1, 0.15) is 0 Å². The van der Waals surface area contributed by atoms with E-state index in [1.165, 1.54) is 19.8 Å². The standard InChI is InChI=1S/C7H8O4.C6H12N2.Pt/c1-3(8)5-6(9)4(2)11-7(5)10;7-5-3-1-2-4-6(5)8;/h4,9H,1-2H3;5-8H,1-4H2;/q;-2;+4/p+2. The zero-order valence-electron chi connectivity index (χ0n) is 11.6. The van der Waals surface area contributed by atoms with Crippen LogP contribution in [0.25, 0.3) is 11.5 Å². The van der Waals surface area contributed by atoms with Crippen molar-refractivity contribution in [1.82, 2.24) is 0 Å². The molecule has 0 radical (unpaired) electrons. The number of hydrogen-bond acceptors (Lipinski definition) is 2. The number of carbonyl (C=O) groups excluding carboxylic acids is 2. The van der Waals surface area contributed by atoms with Crippen LogP contribution >= 0.6 is 0 Å². The van der Waals surface area contributed by atoms with Gasteiger partial charge in [0.2, 0.25) is 6.10 Å². The molecule has 0 saturated heterocycles. The van der Waals surface area contributed by atoms with Gasteiger partial charge in [-0.1, -0.05) is 25.7 Å². The molecule has 1 aliphatic carbocycles. The molecule has 0 aromatic carbocycles. The maximum absolute atomic E-state index is 10.9. The monoisotopic (exact) mass is 465 g/mol. The van der Waals surface area contributed by atoms with Crippen molar-refractivity contribution in [1.29, 1.82) is 0 Å². The molecule has 114 valence electrons. The number of cyclic esters (lactones) is 1. The number of carbonyl (C=O) groups is 1. The van der Waals surface area contributed by atoms with Crippen LogP contribution in [-0.2, 0) is 30.6 Å². The van der Waals surface area contributed by atoms with Crippen LogP contribution in [-0.4, -0.2) is 39.8 Å². The molecule has 6 nitrogen and oxygen atoms in total. The number of rotatable bonds is 1. The second-order valence-electron chi connectivity index (χ2n) is 4.92. The molecule has 0 bridgehead atoms. The van der Waals surface area contributed by atoms with E-state index >= 15 is 0 Å². The summed E-state index contributed by atoms with van der Waals surface area (Å²) in [5.41, 5.74) is 14.6. The van der Waals surface area contributed by atoms with E-state index in [9.17, 15) is 4.79 Å². The molecule has 2 aliphatic rings. The molecule has 0 aromatic heterocycles. The summed E-state index contributed by atoms with van der Waals surface area (Å²) in [6.45, 7) is 2.96. The Labute approximate surface area is 133 Å². The van der Waals surface area contributed by atoms with Gasteiger partial charge in [0.15, 0.2) is 0 Å². The maximum Gasteiger partial charge on any atom is 4.00 e. The van der Waals surface area contributed by atoms with Gasteiger partial charge in [-0.15, -0.1) is 0 Å². The Hall–Kier alpha value is -0.712. The van der Waals surface area contributed by atoms with Crippen LogP contribution < -0.4 is 0 Å². The van der Waals surface area contributed by atoms with E-state index in [1.54, 1.807) is 6.92 Å². The molecule has 3 atom stereocenters. The van der Waals surface area contributed by atoms with Gasteiger partial charge in [0.25, 0.3) is 11.3 Å². The van der Waals surface area contributed by atoms with Crippen LogP contribution in [0, 0.1) is 0 Å². The molecule has 20 heavy (non-hydrogen) atoms. The van der Waals surface area contributed by atoms with Crippen molar-refractivity contribution >= 4 is 11.8 Å². The van der Waals surface area contributed by atoms with Crippen LogP contribution in [0.3, 0.4) is 0 Å². The number of ether oxygens (including phenoxy) is 1. The van der Waals surface area contributed by atoms with E-state index in [0.717, 1.165) is 12.8 Å². The maximum atomic E-state index is 10.9. The number of esters is 1. The van der Waals surface area contributed by atoms with E-state index in [1.807, 2.05) is 0 Å². The number of nitrogens with one attached hydrogen (secondary N) is 2. The van der Waals surface area contributed by atoms with Crippen LogP contribution in [0.4, 0.5) is 0 Å². The summed E-state index contributed by atoms with van der Waals surface area (Å²) in [6.07, 6.45) is 3.72. The molecule has 5 N–H and O–H groups in total. The molecule has 2 rings (SSSR count). The average molecular weight is 465 g/mol. The number of hydrogen-bond donors (Lipinski definition) is 0. The predicted molar refractivity (Wildman–Crippen MR) is 73.5 cm³/mol. The minimum Gasteiger partial charge on any atom is -0.676 e. The molecule has 1 saturated carbocycles.